The molecule has 8 nitrogen and oxygen atoms in total. The van der Waals surface area contributed by atoms with Gasteiger partial charge < -0.3 is 19.9 Å². The lowest BCUT2D eigenvalue weighted by atomic mass is 9.99. The minimum atomic E-state index is -0.0774. The van der Waals surface area contributed by atoms with E-state index in [0.29, 0.717) is 31.8 Å². The number of ether oxygens (including phenoxy) is 1. The summed E-state index contributed by atoms with van der Waals surface area (Å²) in [5.74, 6) is 2.35. The summed E-state index contributed by atoms with van der Waals surface area (Å²) in [6, 6.07) is 7.54. The Morgan fingerprint density at radius 2 is 2.06 bits per heavy atom. The molecule has 0 unspecified atom stereocenters. The molecular formula is C24H31N5O3. The number of nitrogens with zero attached hydrogens (tertiary/aromatic N) is 4. The second-order valence-corrected chi connectivity index (χ2v) is 8.42. The van der Waals surface area contributed by atoms with Gasteiger partial charge in [0.25, 0.3) is 0 Å². The molecule has 2 aliphatic heterocycles. The first kappa shape index (κ1) is 22.0. The van der Waals surface area contributed by atoms with Gasteiger partial charge in [-0.05, 0) is 37.0 Å². The Morgan fingerprint density at radius 3 is 2.81 bits per heavy atom. The zero-order valence-corrected chi connectivity index (χ0v) is 19.1. The van der Waals surface area contributed by atoms with Crippen molar-refractivity contribution in [3.05, 3.63) is 46.9 Å². The molecule has 1 aromatic carbocycles. The van der Waals surface area contributed by atoms with E-state index in [1.165, 1.54) is 0 Å². The number of likely N-dealkylation sites (tertiary alicyclic amines) is 1. The van der Waals surface area contributed by atoms with Crippen LogP contribution in [0, 0.1) is 0 Å². The topological polar surface area (TPSA) is 87.7 Å². The lowest BCUT2D eigenvalue weighted by molar-refractivity contribution is -0.133. The number of amides is 2. The quantitative estimate of drug-likeness (QED) is 0.774. The number of carbonyl (C=O) groups excluding carboxylic acids is 2. The number of methoxy groups -OCH3 is 1. The third-order valence-corrected chi connectivity index (χ3v) is 6.36. The van der Waals surface area contributed by atoms with Crippen LogP contribution in [0.1, 0.15) is 54.9 Å². The summed E-state index contributed by atoms with van der Waals surface area (Å²) in [6.07, 6.45) is 3.97. The molecule has 0 spiro atoms. The predicted molar refractivity (Wildman–Crippen MR) is 121 cm³/mol. The van der Waals surface area contributed by atoms with Crippen molar-refractivity contribution in [2.75, 3.05) is 32.6 Å². The Hall–Kier alpha value is -3.16. The highest BCUT2D eigenvalue weighted by molar-refractivity contribution is 5.79. The van der Waals surface area contributed by atoms with Crippen molar-refractivity contribution in [1.29, 1.82) is 0 Å². The van der Waals surface area contributed by atoms with Crippen LogP contribution in [0.2, 0.25) is 0 Å². The van der Waals surface area contributed by atoms with Gasteiger partial charge in [0.05, 0.1) is 31.8 Å². The predicted octanol–water partition coefficient (Wildman–Crippen LogP) is 2.73. The zero-order valence-electron chi connectivity index (χ0n) is 19.1. The van der Waals surface area contributed by atoms with Crippen LogP contribution < -0.4 is 10.1 Å². The molecule has 1 aromatic heterocycles. The molecule has 3 heterocycles. The van der Waals surface area contributed by atoms with E-state index in [4.69, 9.17) is 14.7 Å². The lowest BCUT2D eigenvalue weighted by Crippen LogP contribution is -2.40. The molecular weight excluding hydrogens is 406 g/mol. The van der Waals surface area contributed by atoms with E-state index in [-0.39, 0.29) is 17.9 Å². The van der Waals surface area contributed by atoms with E-state index in [2.05, 4.69) is 5.32 Å². The second-order valence-electron chi connectivity index (χ2n) is 8.42. The van der Waals surface area contributed by atoms with E-state index in [0.717, 1.165) is 54.2 Å². The van der Waals surface area contributed by atoms with Gasteiger partial charge in [0, 0.05) is 39.0 Å². The van der Waals surface area contributed by atoms with Gasteiger partial charge in [0.1, 0.15) is 11.6 Å². The van der Waals surface area contributed by atoms with Gasteiger partial charge in [-0.25, -0.2) is 9.97 Å². The van der Waals surface area contributed by atoms with E-state index >= 15 is 0 Å². The summed E-state index contributed by atoms with van der Waals surface area (Å²) in [7, 11) is 3.46. The fourth-order valence-electron chi connectivity index (χ4n) is 4.65. The van der Waals surface area contributed by atoms with Gasteiger partial charge in [-0.2, -0.15) is 0 Å². The highest BCUT2D eigenvalue weighted by Crippen LogP contribution is 2.32. The lowest BCUT2D eigenvalue weighted by Gasteiger charge is -2.35. The Kier molecular flexibility index (Phi) is 6.58. The van der Waals surface area contributed by atoms with Crippen molar-refractivity contribution in [2.24, 2.45) is 0 Å². The second kappa shape index (κ2) is 9.54. The molecule has 1 saturated heterocycles. The summed E-state index contributed by atoms with van der Waals surface area (Å²) in [5.41, 5.74) is 2.87. The average Bonchev–Trinajstić information content (AvgIpc) is 2.83. The minimum Gasteiger partial charge on any atom is -0.497 e. The molecule has 170 valence electrons. The number of fused-ring (bicyclic) bond motifs is 1. The SMILES string of the molecule is CNc1nc([C@H]2CCCCN2C(C)=O)nc2c1CN(C(=O)Cc1cccc(OC)c1)CC2. The van der Waals surface area contributed by atoms with E-state index in [9.17, 15) is 9.59 Å². The van der Waals surface area contributed by atoms with Gasteiger partial charge in [-0.15, -0.1) is 0 Å². The monoisotopic (exact) mass is 437 g/mol. The van der Waals surface area contributed by atoms with Gasteiger partial charge in [-0.1, -0.05) is 12.1 Å². The fourth-order valence-corrected chi connectivity index (χ4v) is 4.65. The molecule has 1 atom stereocenters. The number of piperidine rings is 1. The van der Waals surface area contributed by atoms with Crippen LogP contribution >= 0.6 is 0 Å². The average molecular weight is 438 g/mol. The molecule has 2 aromatic rings. The summed E-state index contributed by atoms with van der Waals surface area (Å²) in [5, 5.41) is 3.19. The fraction of sp³-hybridized carbons (Fsp3) is 0.500. The van der Waals surface area contributed by atoms with Gasteiger partial charge in [-0.3, -0.25) is 9.59 Å². The summed E-state index contributed by atoms with van der Waals surface area (Å²) >= 11 is 0. The largest absolute Gasteiger partial charge is 0.497 e. The zero-order chi connectivity index (χ0) is 22.7. The maximum atomic E-state index is 13.0. The van der Waals surface area contributed by atoms with Gasteiger partial charge in [0.2, 0.25) is 11.8 Å². The smallest absolute Gasteiger partial charge is 0.227 e. The van der Waals surface area contributed by atoms with Crippen molar-refractivity contribution < 1.29 is 14.3 Å². The molecule has 8 heteroatoms. The number of carbonyl (C=O) groups is 2. The first-order valence-corrected chi connectivity index (χ1v) is 11.3. The van der Waals surface area contributed by atoms with Crippen molar-refractivity contribution in [2.45, 2.75) is 51.6 Å². The first-order chi connectivity index (χ1) is 15.5. The molecule has 1 N–H and O–H groups in total. The standard InChI is InChI=1S/C24H31N5O3/c1-16(30)29-11-5-4-9-21(29)24-26-20-10-12-28(15-19(20)23(25-2)27-24)22(31)14-17-7-6-8-18(13-17)32-3/h6-8,13,21H,4-5,9-12,14-15H2,1-3H3,(H,25,26,27)/t21-/m1/s1. The molecule has 32 heavy (non-hydrogen) atoms. The van der Waals surface area contributed by atoms with Crippen molar-refractivity contribution in [1.82, 2.24) is 19.8 Å². The van der Waals surface area contributed by atoms with E-state index in [1.807, 2.05) is 41.1 Å². The number of rotatable bonds is 5. The number of benzene rings is 1. The van der Waals surface area contributed by atoms with Crippen LogP contribution in [0.3, 0.4) is 0 Å². The molecule has 1 fully saturated rings. The van der Waals surface area contributed by atoms with Gasteiger partial charge in [0.15, 0.2) is 5.82 Å². The number of hydrogen-bond donors (Lipinski definition) is 1. The highest BCUT2D eigenvalue weighted by Gasteiger charge is 2.31. The third-order valence-electron chi connectivity index (χ3n) is 6.36. The molecule has 0 aliphatic carbocycles. The Balaban J connectivity index is 1.54. The summed E-state index contributed by atoms with van der Waals surface area (Å²) in [6.45, 7) is 3.47. The summed E-state index contributed by atoms with van der Waals surface area (Å²) in [4.78, 5) is 38.6. The molecule has 2 amide bonds. The van der Waals surface area contributed by atoms with Crippen LogP contribution in [0.4, 0.5) is 5.82 Å². The summed E-state index contributed by atoms with van der Waals surface area (Å²) < 4.78 is 5.27. The van der Waals surface area contributed by atoms with Crippen LogP contribution in [0.5, 0.6) is 5.75 Å². The van der Waals surface area contributed by atoms with E-state index < -0.39 is 0 Å². The van der Waals surface area contributed by atoms with Crippen molar-refractivity contribution in [3.63, 3.8) is 0 Å². The number of hydrogen-bond acceptors (Lipinski definition) is 6. The molecule has 0 bridgehead atoms. The first-order valence-electron chi connectivity index (χ1n) is 11.3. The number of nitrogens with one attached hydrogen (secondary N) is 1. The number of aromatic nitrogens is 2. The molecule has 0 radical (unpaired) electrons. The van der Waals surface area contributed by atoms with Crippen LogP contribution in [0.25, 0.3) is 0 Å². The maximum absolute atomic E-state index is 13.0. The minimum absolute atomic E-state index is 0.0661. The molecule has 0 saturated carbocycles. The molecule has 2 aliphatic rings. The van der Waals surface area contributed by atoms with Gasteiger partial charge >= 0.3 is 0 Å². The Labute approximate surface area is 189 Å². The van der Waals surface area contributed by atoms with Crippen LogP contribution in [0.15, 0.2) is 24.3 Å². The maximum Gasteiger partial charge on any atom is 0.227 e. The van der Waals surface area contributed by atoms with Crippen molar-refractivity contribution in [3.8, 4) is 5.75 Å². The molecule has 4 rings (SSSR count). The normalized spacial score (nSPS) is 18.2. The van der Waals surface area contributed by atoms with Crippen molar-refractivity contribution >= 4 is 17.6 Å². The Bertz CT molecular complexity index is 992. The third kappa shape index (κ3) is 4.54. The highest BCUT2D eigenvalue weighted by atomic mass is 16.5. The van der Waals surface area contributed by atoms with E-state index in [1.54, 1.807) is 14.0 Å². The van der Waals surface area contributed by atoms with Crippen LogP contribution in [-0.4, -0.2) is 58.8 Å². The number of anilines is 1. The van der Waals surface area contributed by atoms with Crippen LogP contribution in [-0.2, 0) is 29.0 Å². The Morgan fingerprint density at radius 1 is 1.22 bits per heavy atom.